The maximum Gasteiger partial charge on any atom is 0.319 e. The lowest BCUT2D eigenvalue weighted by molar-refractivity contribution is 0.0678. The van der Waals surface area contributed by atoms with Crippen LogP contribution < -0.4 is 0 Å². The van der Waals surface area contributed by atoms with Gasteiger partial charge in [-0.05, 0) is 25.0 Å². The molecule has 1 saturated carbocycles. The van der Waals surface area contributed by atoms with E-state index in [0.717, 1.165) is 36.7 Å². The van der Waals surface area contributed by atoms with Gasteiger partial charge in [-0.25, -0.2) is 18.4 Å². The fourth-order valence-electron chi connectivity index (χ4n) is 3.18. The number of hydrogen-bond acceptors (Lipinski definition) is 5. The highest BCUT2D eigenvalue weighted by molar-refractivity contribution is 7.98. The molecule has 6 nitrogen and oxygen atoms in total. The molecule has 0 aliphatic heterocycles. The van der Waals surface area contributed by atoms with Crippen LogP contribution in [0.5, 0.6) is 0 Å². The van der Waals surface area contributed by atoms with Crippen LogP contribution >= 0.6 is 11.8 Å². The van der Waals surface area contributed by atoms with Crippen LogP contribution in [0.4, 0.5) is 8.78 Å². The molecule has 0 saturated heterocycles. The van der Waals surface area contributed by atoms with Gasteiger partial charge in [0, 0.05) is 31.7 Å². The Morgan fingerprint density at radius 2 is 2.00 bits per heavy atom. The van der Waals surface area contributed by atoms with Gasteiger partial charge in [-0.2, -0.15) is 13.1 Å². The highest BCUT2D eigenvalue weighted by Crippen LogP contribution is 2.27. The van der Waals surface area contributed by atoms with Gasteiger partial charge in [-0.3, -0.25) is 4.57 Å². The van der Waals surface area contributed by atoms with Gasteiger partial charge < -0.3 is 0 Å². The second-order valence-electron chi connectivity index (χ2n) is 6.46. The highest BCUT2D eigenvalue weighted by Gasteiger charge is 2.29. The summed E-state index contributed by atoms with van der Waals surface area (Å²) in [5, 5.41) is 0.554. The lowest BCUT2D eigenvalue weighted by Crippen LogP contribution is -2.38. The lowest BCUT2D eigenvalue weighted by atomic mass is 9.96. The molecule has 27 heavy (non-hydrogen) atoms. The van der Waals surface area contributed by atoms with Crippen LogP contribution in [0.3, 0.4) is 0 Å². The monoisotopic (exact) mass is 416 g/mol. The first kappa shape index (κ1) is 20.2. The molecular weight excluding hydrogens is 394 g/mol. The van der Waals surface area contributed by atoms with E-state index < -0.39 is 16.6 Å². The summed E-state index contributed by atoms with van der Waals surface area (Å²) in [4.78, 5) is 8.24. The van der Waals surface area contributed by atoms with E-state index in [4.69, 9.17) is 0 Å². The number of hydrogen-bond donors (Lipinski definition) is 0. The van der Waals surface area contributed by atoms with Gasteiger partial charge >= 0.3 is 6.55 Å². The minimum atomic E-state index is -3.59. The van der Waals surface area contributed by atoms with Crippen molar-refractivity contribution in [2.45, 2.75) is 60.4 Å². The van der Waals surface area contributed by atoms with E-state index in [0.29, 0.717) is 5.03 Å². The SMILES string of the molecule is CN(C1CCCCC1)S(=O)(=O)c1ccc(SCc2nccn2C(F)F)nc1. The second kappa shape index (κ2) is 8.66. The number of halogens is 2. The normalized spacial score (nSPS) is 16.3. The summed E-state index contributed by atoms with van der Waals surface area (Å²) >= 11 is 1.23. The van der Waals surface area contributed by atoms with E-state index in [1.807, 2.05) is 0 Å². The van der Waals surface area contributed by atoms with Crippen molar-refractivity contribution < 1.29 is 17.2 Å². The zero-order chi connectivity index (χ0) is 19.4. The largest absolute Gasteiger partial charge is 0.319 e. The van der Waals surface area contributed by atoms with Crippen molar-refractivity contribution in [2.75, 3.05) is 7.05 Å². The number of thioether (sulfide) groups is 1. The summed E-state index contributed by atoms with van der Waals surface area (Å²) in [6, 6.07) is 3.15. The third-order valence-corrected chi connectivity index (χ3v) is 7.62. The molecule has 1 aliphatic carbocycles. The average Bonchev–Trinajstić information content (AvgIpc) is 3.16. The number of sulfonamides is 1. The molecule has 2 heterocycles. The third-order valence-electron chi connectivity index (χ3n) is 4.78. The molecule has 0 N–H and O–H groups in total. The van der Waals surface area contributed by atoms with Crippen molar-refractivity contribution in [1.29, 1.82) is 0 Å². The summed E-state index contributed by atoms with van der Waals surface area (Å²) in [5.41, 5.74) is 0. The van der Waals surface area contributed by atoms with Crippen molar-refractivity contribution in [3.63, 3.8) is 0 Å². The van der Waals surface area contributed by atoms with Crippen molar-refractivity contribution in [1.82, 2.24) is 18.8 Å². The zero-order valence-electron chi connectivity index (χ0n) is 15.0. The Morgan fingerprint density at radius 3 is 2.63 bits per heavy atom. The van der Waals surface area contributed by atoms with Gasteiger partial charge in [0.1, 0.15) is 10.7 Å². The number of nitrogens with zero attached hydrogens (tertiary/aromatic N) is 4. The maximum absolute atomic E-state index is 12.8. The predicted octanol–water partition coefficient (Wildman–Crippen LogP) is 3.92. The minimum absolute atomic E-state index is 0.0333. The molecule has 0 aromatic carbocycles. The van der Waals surface area contributed by atoms with Gasteiger partial charge in [-0.15, -0.1) is 0 Å². The van der Waals surface area contributed by atoms with E-state index in [2.05, 4.69) is 9.97 Å². The number of rotatable bonds is 7. The molecule has 2 aromatic rings. The molecule has 1 fully saturated rings. The fourth-order valence-corrected chi connectivity index (χ4v) is 5.34. The Balaban J connectivity index is 1.66. The van der Waals surface area contributed by atoms with Crippen LogP contribution in [0, 0.1) is 0 Å². The highest BCUT2D eigenvalue weighted by atomic mass is 32.2. The molecule has 0 amide bonds. The minimum Gasteiger partial charge on any atom is -0.277 e. The van der Waals surface area contributed by atoms with Crippen molar-refractivity contribution in [3.8, 4) is 0 Å². The third kappa shape index (κ3) is 4.67. The van der Waals surface area contributed by atoms with E-state index in [1.54, 1.807) is 13.1 Å². The number of alkyl halides is 2. The molecule has 0 radical (unpaired) electrons. The van der Waals surface area contributed by atoms with E-state index in [-0.39, 0.29) is 22.5 Å². The van der Waals surface area contributed by atoms with Crippen LogP contribution in [-0.2, 0) is 15.8 Å². The smallest absolute Gasteiger partial charge is 0.277 e. The maximum atomic E-state index is 12.8. The Kier molecular flexibility index (Phi) is 6.48. The van der Waals surface area contributed by atoms with Crippen LogP contribution in [0.15, 0.2) is 40.6 Å². The summed E-state index contributed by atoms with van der Waals surface area (Å²) in [7, 11) is -1.96. The lowest BCUT2D eigenvalue weighted by Gasteiger charge is -2.30. The summed E-state index contributed by atoms with van der Waals surface area (Å²) < 4.78 is 53.5. The Labute approximate surface area is 162 Å². The molecule has 3 rings (SSSR count). The molecule has 2 aromatic heterocycles. The number of pyridine rings is 1. The first-order valence-electron chi connectivity index (χ1n) is 8.76. The summed E-state index contributed by atoms with van der Waals surface area (Å²) in [6.07, 6.45) is 8.90. The number of aromatic nitrogens is 3. The predicted molar refractivity (Wildman–Crippen MR) is 99.1 cm³/mol. The Bertz CT molecular complexity index is 850. The topological polar surface area (TPSA) is 68.1 Å². The molecule has 0 bridgehead atoms. The van der Waals surface area contributed by atoms with Crippen LogP contribution in [0.1, 0.15) is 44.5 Å². The van der Waals surface area contributed by atoms with Gasteiger partial charge in [0.15, 0.2) is 0 Å². The van der Waals surface area contributed by atoms with E-state index in [9.17, 15) is 17.2 Å². The summed E-state index contributed by atoms with van der Waals surface area (Å²) in [6.45, 7) is -2.64. The molecule has 1 aliphatic rings. The standard InChI is InChI=1S/C17H22F2N4O2S2/c1-22(13-5-3-2-4-6-13)27(24,25)14-7-8-16(21-11-14)26-12-15-20-9-10-23(15)17(18)19/h7-11,13,17H,2-6,12H2,1H3. The first-order valence-corrected chi connectivity index (χ1v) is 11.2. The van der Waals surface area contributed by atoms with Crippen molar-refractivity contribution in [2.24, 2.45) is 0 Å². The van der Waals surface area contributed by atoms with Crippen molar-refractivity contribution >= 4 is 21.8 Å². The number of imidazole rings is 1. The van der Waals surface area contributed by atoms with Gasteiger partial charge in [-0.1, -0.05) is 31.0 Å². The Morgan fingerprint density at radius 1 is 1.26 bits per heavy atom. The Hall–Kier alpha value is -1.52. The second-order valence-corrected chi connectivity index (χ2v) is 9.46. The van der Waals surface area contributed by atoms with Gasteiger partial charge in [0.25, 0.3) is 0 Å². The quantitative estimate of drug-likeness (QED) is 0.640. The molecule has 10 heteroatoms. The van der Waals surface area contributed by atoms with Gasteiger partial charge in [0.2, 0.25) is 10.0 Å². The molecule has 148 valence electrons. The van der Waals surface area contributed by atoms with Crippen molar-refractivity contribution in [3.05, 3.63) is 36.5 Å². The van der Waals surface area contributed by atoms with E-state index in [1.165, 1.54) is 40.7 Å². The van der Waals surface area contributed by atoms with Crippen LogP contribution in [0.2, 0.25) is 0 Å². The van der Waals surface area contributed by atoms with Gasteiger partial charge in [0.05, 0.1) is 10.8 Å². The molecule has 0 unspecified atom stereocenters. The van der Waals surface area contributed by atoms with Crippen LogP contribution in [0.25, 0.3) is 0 Å². The zero-order valence-corrected chi connectivity index (χ0v) is 16.6. The molecular formula is C17H22F2N4O2S2. The first-order chi connectivity index (χ1) is 12.9. The molecule has 0 spiro atoms. The average molecular weight is 417 g/mol. The fraction of sp³-hybridized carbons (Fsp3) is 0.529. The summed E-state index contributed by atoms with van der Waals surface area (Å²) in [5.74, 6) is 0.462. The van der Waals surface area contributed by atoms with E-state index >= 15 is 0 Å². The molecule has 0 atom stereocenters. The van der Waals surface area contributed by atoms with Crippen LogP contribution in [-0.4, -0.2) is 40.3 Å².